The van der Waals surface area contributed by atoms with Gasteiger partial charge in [-0.05, 0) is 48.9 Å². The quantitative estimate of drug-likeness (QED) is 0.430. The maximum atomic E-state index is 12.9. The number of nitrogens with zero attached hydrogens (tertiary/aromatic N) is 2. The zero-order valence-electron chi connectivity index (χ0n) is 16.3. The van der Waals surface area contributed by atoms with E-state index in [2.05, 4.69) is 10.3 Å². The molecular formula is C21H20ClN3O4S. The van der Waals surface area contributed by atoms with Crippen molar-refractivity contribution in [3.8, 4) is 11.5 Å². The van der Waals surface area contributed by atoms with Crippen molar-refractivity contribution in [1.82, 2.24) is 5.32 Å². The topological polar surface area (TPSA) is 80.2 Å². The number of imide groups is 1. The first kappa shape index (κ1) is 20.6. The van der Waals surface area contributed by atoms with Crippen LogP contribution < -0.4 is 19.7 Å². The van der Waals surface area contributed by atoms with Crippen molar-refractivity contribution in [2.45, 2.75) is 25.1 Å². The molecule has 2 aliphatic rings. The van der Waals surface area contributed by atoms with E-state index >= 15 is 0 Å². The maximum absolute atomic E-state index is 12.9. The SMILES string of the molecule is CCNC(=NCc1ccc2c(c1)OCO2)SC1CC(=O)N(c2ccc(Cl)cc2)C1=O. The first-order chi connectivity index (χ1) is 14.5. The number of rotatable bonds is 5. The summed E-state index contributed by atoms with van der Waals surface area (Å²) in [5, 5.41) is 3.84. The van der Waals surface area contributed by atoms with Crippen LogP contribution in [0.4, 0.5) is 5.69 Å². The Hall–Kier alpha value is -2.71. The van der Waals surface area contributed by atoms with Gasteiger partial charge < -0.3 is 14.8 Å². The number of carbonyl (C=O) groups is 2. The molecule has 0 bridgehead atoms. The Balaban J connectivity index is 1.46. The highest BCUT2D eigenvalue weighted by atomic mass is 35.5. The Labute approximate surface area is 183 Å². The predicted molar refractivity (Wildman–Crippen MR) is 117 cm³/mol. The van der Waals surface area contributed by atoms with Crippen molar-refractivity contribution in [3.05, 3.63) is 53.1 Å². The third kappa shape index (κ3) is 4.39. The Morgan fingerprint density at radius 1 is 1.20 bits per heavy atom. The number of aliphatic imine (C=N–C) groups is 1. The molecule has 30 heavy (non-hydrogen) atoms. The van der Waals surface area contributed by atoms with Crippen LogP contribution >= 0.6 is 23.4 Å². The van der Waals surface area contributed by atoms with E-state index < -0.39 is 5.25 Å². The van der Waals surface area contributed by atoms with Crippen LogP contribution in [0.5, 0.6) is 11.5 Å². The third-order valence-electron chi connectivity index (χ3n) is 4.61. The van der Waals surface area contributed by atoms with Gasteiger partial charge in [0.1, 0.15) is 5.25 Å². The van der Waals surface area contributed by atoms with Gasteiger partial charge in [0.05, 0.1) is 12.2 Å². The lowest BCUT2D eigenvalue weighted by Gasteiger charge is -2.15. The van der Waals surface area contributed by atoms with Crippen LogP contribution in [0.25, 0.3) is 0 Å². The lowest BCUT2D eigenvalue weighted by molar-refractivity contribution is -0.121. The molecule has 0 aromatic heterocycles. The van der Waals surface area contributed by atoms with Crippen LogP contribution in [-0.2, 0) is 16.1 Å². The van der Waals surface area contributed by atoms with Gasteiger partial charge in [0.25, 0.3) is 0 Å². The molecule has 0 radical (unpaired) electrons. The molecular weight excluding hydrogens is 426 g/mol. The average Bonchev–Trinajstić information content (AvgIpc) is 3.31. The average molecular weight is 446 g/mol. The first-order valence-electron chi connectivity index (χ1n) is 9.51. The number of anilines is 1. The van der Waals surface area contributed by atoms with E-state index in [1.54, 1.807) is 24.3 Å². The summed E-state index contributed by atoms with van der Waals surface area (Å²) in [5.41, 5.74) is 1.49. The number of benzene rings is 2. The molecule has 1 fully saturated rings. The highest BCUT2D eigenvalue weighted by Crippen LogP contribution is 2.33. The van der Waals surface area contributed by atoms with Crippen LogP contribution in [0.1, 0.15) is 18.9 Å². The van der Waals surface area contributed by atoms with Crippen LogP contribution in [0, 0.1) is 0 Å². The number of amidine groups is 1. The zero-order chi connectivity index (χ0) is 21.1. The van der Waals surface area contributed by atoms with Gasteiger partial charge in [0, 0.05) is 18.0 Å². The fourth-order valence-electron chi connectivity index (χ4n) is 3.18. The zero-order valence-corrected chi connectivity index (χ0v) is 17.8. The second-order valence-electron chi connectivity index (χ2n) is 6.69. The van der Waals surface area contributed by atoms with Crippen molar-refractivity contribution < 1.29 is 19.1 Å². The van der Waals surface area contributed by atoms with E-state index in [1.165, 1.54) is 16.7 Å². The smallest absolute Gasteiger partial charge is 0.247 e. The summed E-state index contributed by atoms with van der Waals surface area (Å²) < 4.78 is 10.7. The Morgan fingerprint density at radius 3 is 2.73 bits per heavy atom. The van der Waals surface area contributed by atoms with Crippen molar-refractivity contribution in [2.24, 2.45) is 4.99 Å². The number of hydrogen-bond donors (Lipinski definition) is 1. The number of amides is 2. The van der Waals surface area contributed by atoms with Gasteiger partial charge in [-0.2, -0.15) is 0 Å². The van der Waals surface area contributed by atoms with E-state index in [0.717, 1.165) is 11.3 Å². The second-order valence-corrected chi connectivity index (χ2v) is 8.32. The molecule has 0 saturated carbocycles. The van der Waals surface area contributed by atoms with Crippen LogP contribution in [0.15, 0.2) is 47.5 Å². The molecule has 9 heteroatoms. The largest absolute Gasteiger partial charge is 0.454 e. The van der Waals surface area contributed by atoms with Crippen molar-refractivity contribution in [1.29, 1.82) is 0 Å². The molecule has 1 atom stereocenters. The summed E-state index contributed by atoms with van der Waals surface area (Å²) >= 11 is 7.19. The van der Waals surface area contributed by atoms with Gasteiger partial charge in [0.2, 0.25) is 18.6 Å². The molecule has 7 nitrogen and oxygen atoms in total. The van der Waals surface area contributed by atoms with Crippen LogP contribution in [0.2, 0.25) is 5.02 Å². The highest BCUT2D eigenvalue weighted by Gasteiger charge is 2.40. The number of halogens is 1. The van der Waals surface area contributed by atoms with Gasteiger partial charge in [-0.1, -0.05) is 29.4 Å². The van der Waals surface area contributed by atoms with E-state index in [-0.39, 0.29) is 25.0 Å². The number of ether oxygens (including phenoxy) is 2. The summed E-state index contributed by atoms with van der Waals surface area (Å²) in [7, 11) is 0. The Kier molecular flexibility index (Phi) is 6.15. The van der Waals surface area contributed by atoms with Gasteiger partial charge in [-0.15, -0.1) is 0 Å². The standard InChI is InChI=1S/C21H20ClN3O4S/c1-2-23-21(24-11-13-3-8-16-17(9-13)29-12-28-16)30-18-10-19(26)25(20(18)27)15-6-4-14(22)5-7-15/h3-9,18H,2,10-12H2,1H3,(H,23,24). The van der Waals surface area contributed by atoms with E-state index in [1.807, 2.05) is 25.1 Å². The lowest BCUT2D eigenvalue weighted by Crippen LogP contribution is -2.32. The number of fused-ring (bicyclic) bond motifs is 1. The molecule has 1 N–H and O–H groups in total. The fourth-order valence-corrected chi connectivity index (χ4v) is 4.38. The number of nitrogens with one attached hydrogen (secondary N) is 1. The second kappa shape index (κ2) is 8.97. The minimum atomic E-state index is -0.525. The number of carbonyl (C=O) groups excluding carboxylic acids is 2. The molecule has 2 aliphatic heterocycles. The fraction of sp³-hybridized carbons (Fsp3) is 0.286. The van der Waals surface area contributed by atoms with E-state index in [4.69, 9.17) is 21.1 Å². The van der Waals surface area contributed by atoms with Crippen LogP contribution in [-0.4, -0.2) is 35.6 Å². The van der Waals surface area contributed by atoms with Gasteiger partial charge in [0.15, 0.2) is 16.7 Å². The van der Waals surface area contributed by atoms with E-state index in [9.17, 15) is 9.59 Å². The summed E-state index contributed by atoms with van der Waals surface area (Å²) in [6.45, 7) is 3.26. The number of thioether (sulfide) groups is 1. The van der Waals surface area contributed by atoms with E-state index in [0.29, 0.717) is 34.7 Å². The summed E-state index contributed by atoms with van der Waals surface area (Å²) in [4.78, 5) is 31.2. The van der Waals surface area contributed by atoms with Gasteiger partial charge in [-0.3, -0.25) is 14.6 Å². The number of hydrogen-bond acceptors (Lipinski definition) is 6. The normalized spacial score (nSPS) is 18.3. The Morgan fingerprint density at radius 2 is 1.97 bits per heavy atom. The molecule has 4 rings (SSSR count). The molecule has 2 aromatic carbocycles. The predicted octanol–water partition coefficient (Wildman–Crippen LogP) is 3.60. The lowest BCUT2D eigenvalue weighted by atomic mass is 10.2. The van der Waals surface area contributed by atoms with Crippen molar-refractivity contribution in [2.75, 3.05) is 18.2 Å². The van der Waals surface area contributed by atoms with Gasteiger partial charge in [-0.25, -0.2) is 4.90 Å². The van der Waals surface area contributed by atoms with Crippen molar-refractivity contribution >= 4 is 46.0 Å². The minimum absolute atomic E-state index is 0.126. The monoisotopic (exact) mass is 445 g/mol. The third-order valence-corrected chi connectivity index (χ3v) is 6.02. The van der Waals surface area contributed by atoms with Crippen LogP contribution in [0.3, 0.4) is 0 Å². The molecule has 156 valence electrons. The highest BCUT2D eigenvalue weighted by molar-refractivity contribution is 8.15. The molecule has 0 spiro atoms. The minimum Gasteiger partial charge on any atom is -0.454 e. The molecule has 1 saturated heterocycles. The Bertz CT molecular complexity index is 996. The summed E-state index contributed by atoms with van der Waals surface area (Å²) in [6, 6.07) is 12.3. The molecule has 2 heterocycles. The molecule has 1 unspecified atom stereocenters. The molecule has 2 amide bonds. The first-order valence-corrected chi connectivity index (χ1v) is 10.8. The summed E-state index contributed by atoms with van der Waals surface area (Å²) in [5.74, 6) is 0.948. The van der Waals surface area contributed by atoms with Crippen molar-refractivity contribution in [3.63, 3.8) is 0 Å². The summed E-state index contributed by atoms with van der Waals surface area (Å²) in [6.07, 6.45) is 0.126. The molecule has 2 aromatic rings. The maximum Gasteiger partial charge on any atom is 0.247 e. The van der Waals surface area contributed by atoms with Gasteiger partial charge >= 0.3 is 0 Å². The molecule has 0 aliphatic carbocycles.